The summed E-state index contributed by atoms with van der Waals surface area (Å²) in [4.78, 5) is 22.6. The maximum absolute atomic E-state index is 10.5. The lowest BCUT2D eigenvalue weighted by Crippen LogP contribution is -2.40. The largest absolute Gasteiger partial charge is 0.490 e. The molecule has 0 unspecified atom stereocenters. The van der Waals surface area contributed by atoms with Crippen molar-refractivity contribution in [2.45, 2.75) is 18.9 Å². The molecule has 1 aliphatic rings. The van der Waals surface area contributed by atoms with Gasteiger partial charge in [-0.3, -0.25) is 10.1 Å². The lowest BCUT2D eigenvalue weighted by atomic mass is 9.90. The van der Waals surface area contributed by atoms with Gasteiger partial charge in [0.25, 0.3) is 13.1 Å². The van der Waals surface area contributed by atoms with Gasteiger partial charge in [0.15, 0.2) is 0 Å². The number of rotatable bonds is 5. The van der Waals surface area contributed by atoms with Gasteiger partial charge in [-0.05, 0) is 38.1 Å². The van der Waals surface area contributed by atoms with Crippen molar-refractivity contribution in [1.29, 1.82) is 0 Å². The van der Waals surface area contributed by atoms with E-state index in [-0.39, 0.29) is 11.8 Å². The molecular weight excluding hydrogens is 247 g/mol. The number of nitro groups is 1. The first-order chi connectivity index (χ1) is 9.19. The quantitative estimate of drug-likeness (QED) is 0.342. The highest BCUT2D eigenvalue weighted by atomic mass is 16.6. The third kappa shape index (κ3) is 3.79. The van der Waals surface area contributed by atoms with Crippen LogP contribution in [0.15, 0.2) is 24.3 Å². The number of carbonyl (C=O) groups excluding carboxylic acids is 1. The van der Waals surface area contributed by atoms with E-state index in [9.17, 15) is 14.9 Å². The van der Waals surface area contributed by atoms with E-state index in [0.29, 0.717) is 13.2 Å². The van der Waals surface area contributed by atoms with Gasteiger partial charge in [0, 0.05) is 12.1 Å². The van der Waals surface area contributed by atoms with Gasteiger partial charge >= 0.3 is 0 Å². The molecule has 2 rings (SSSR count). The fraction of sp³-hybridized carbons (Fsp3) is 0.417. The standard InChI is InChI=1S/C12H15BN2O4/c16-9-13-14-7-5-12(6-8-14)19-11-3-1-10(2-4-11)15(17)18/h1-4,9,12-13H,5-8H2. The molecule has 1 fully saturated rings. The second kappa shape index (κ2) is 6.33. The Kier molecular flexibility index (Phi) is 4.51. The van der Waals surface area contributed by atoms with Crippen LogP contribution in [0, 0.1) is 10.1 Å². The third-order valence-corrected chi connectivity index (χ3v) is 3.22. The summed E-state index contributed by atoms with van der Waals surface area (Å²) in [6.07, 6.45) is 2.76. The van der Waals surface area contributed by atoms with Crippen molar-refractivity contribution in [2.24, 2.45) is 0 Å². The summed E-state index contributed by atoms with van der Waals surface area (Å²) in [7, 11) is 0.476. The first-order valence-corrected chi connectivity index (χ1v) is 6.26. The normalized spacial score (nSPS) is 16.8. The molecular formula is C12H15BN2O4. The molecule has 1 aromatic rings. The maximum Gasteiger partial charge on any atom is 0.281 e. The van der Waals surface area contributed by atoms with E-state index in [1.54, 1.807) is 12.1 Å². The minimum atomic E-state index is -0.429. The monoisotopic (exact) mass is 262 g/mol. The van der Waals surface area contributed by atoms with Gasteiger partial charge in [-0.2, -0.15) is 0 Å². The zero-order valence-corrected chi connectivity index (χ0v) is 10.5. The van der Waals surface area contributed by atoms with Crippen LogP contribution >= 0.6 is 0 Å². The van der Waals surface area contributed by atoms with Gasteiger partial charge in [-0.15, -0.1) is 0 Å². The predicted octanol–water partition coefficient (Wildman–Crippen LogP) is 0.980. The Morgan fingerprint density at radius 3 is 2.47 bits per heavy atom. The van der Waals surface area contributed by atoms with Gasteiger partial charge in [0.2, 0.25) is 0 Å². The Morgan fingerprint density at radius 2 is 1.95 bits per heavy atom. The second-order valence-electron chi connectivity index (χ2n) is 4.54. The van der Waals surface area contributed by atoms with Crippen molar-refractivity contribution in [1.82, 2.24) is 4.81 Å². The number of hydrogen-bond acceptors (Lipinski definition) is 5. The van der Waals surface area contributed by atoms with Gasteiger partial charge < -0.3 is 14.3 Å². The summed E-state index contributed by atoms with van der Waals surface area (Å²) in [5, 5.41) is 10.5. The van der Waals surface area contributed by atoms with Crippen molar-refractivity contribution < 1.29 is 14.5 Å². The van der Waals surface area contributed by atoms with Gasteiger partial charge in [0.05, 0.1) is 11.1 Å². The van der Waals surface area contributed by atoms with Crippen LogP contribution in [0.2, 0.25) is 0 Å². The smallest absolute Gasteiger partial charge is 0.281 e. The molecule has 1 heterocycles. The Balaban J connectivity index is 1.85. The molecule has 0 aliphatic carbocycles. The Labute approximate surface area is 111 Å². The SMILES string of the molecule is O=CBN1CCC(Oc2ccc([N+](=O)[O-])cc2)CC1. The molecule has 0 saturated carbocycles. The summed E-state index contributed by atoms with van der Waals surface area (Å²) < 4.78 is 5.78. The number of carbonyl (C=O) groups is 1. The van der Waals surface area contributed by atoms with Gasteiger partial charge in [-0.1, -0.05) is 0 Å². The number of non-ortho nitro benzene ring substituents is 1. The molecule has 0 radical (unpaired) electrons. The van der Waals surface area contributed by atoms with Crippen LogP contribution in [-0.2, 0) is 4.79 Å². The molecule has 7 heteroatoms. The summed E-state index contributed by atoms with van der Waals surface area (Å²) >= 11 is 0. The maximum atomic E-state index is 10.5. The van der Waals surface area contributed by atoms with E-state index in [4.69, 9.17) is 4.74 Å². The zero-order valence-electron chi connectivity index (χ0n) is 10.5. The number of nitrogens with zero attached hydrogens (tertiary/aromatic N) is 2. The summed E-state index contributed by atoms with van der Waals surface area (Å²) in [6, 6.07) is 6.12. The van der Waals surface area contributed by atoms with Crippen molar-refractivity contribution in [3.63, 3.8) is 0 Å². The number of piperidine rings is 1. The van der Waals surface area contributed by atoms with Gasteiger partial charge in [0.1, 0.15) is 11.9 Å². The van der Waals surface area contributed by atoms with Crippen molar-refractivity contribution in [2.75, 3.05) is 13.1 Å². The van der Waals surface area contributed by atoms with Crippen molar-refractivity contribution in [3.05, 3.63) is 34.4 Å². The summed E-state index contributed by atoms with van der Waals surface area (Å²) in [5.41, 5.74) is 0.0631. The molecule has 0 N–H and O–H groups in total. The summed E-state index contributed by atoms with van der Waals surface area (Å²) in [6.45, 7) is 1.69. The number of nitro benzene ring substituents is 1. The van der Waals surface area contributed by atoms with E-state index < -0.39 is 4.92 Å². The molecule has 1 saturated heterocycles. The molecule has 6 nitrogen and oxygen atoms in total. The second-order valence-corrected chi connectivity index (χ2v) is 4.54. The average molecular weight is 262 g/mol. The van der Waals surface area contributed by atoms with Crippen molar-refractivity contribution in [3.8, 4) is 5.75 Å². The Morgan fingerprint density at radius 1 is 1.32 bits per heavy atom. The first-order valence-electron chi connectivity index (χ1n) is 6.26. The van der Waals surface area contributed by atoms with Crippen LogP contribution in [-0.4, -0.2) is 42.5 Å². The minimum Gasteiger partial charge on any atom is -0.490 e. The van der Waals surface area contributed by atoms with Crippen LogP contribution in [0.25, 0.3) is 0 Å². The molecule has 0 aromatic heterocycles. The minimum absolute atomic E-state index is 0.0631. The van der Waals surface area contributed by atoms with Gasteiger partial charge in [-0.25, -0.2) is 0 Å². The third-order valence-electron chi connectivity index (χ3n) is 3.22. The van der Waals surface area contributed by atoms with Crippen LogP contribution in [0.5, 0.6) is 5.75 Å². The molecule has 1 aromatic carbocycles. The Bertz CT molecular complexity index is 444. The lowest BCUT2D eigenvalue weighted by Gasteiger charge is -2.30. The number of hydrogen-bond donors (Lipinski definition) is 0. The highest BCUT2D eigenvalue weighted by molar-refractivity contribution is 6.64. The number of ether oxygens (including phenoxy) is 1. The number of benzene rings is 1. The van der Waals surface area contributed by atoms with E-state index in [0.717, 1.165) is 32.1 Å². The Hall–Kier alpha value is -1.89. The molecule has 0 amide bonds. The fourth-order valence-electron chi connectivity index (χ4n) is 2.15. The predicted molar refractivity (Wildman–Crippen MR) is 72.2 cm³/mol. The van der Waals surface area contributed by atoms with E-state index in [1.807, 2.05) is 0 Å². The van der Waals surface area contributed by atoms with Crippen LogP contribution < -0.4 is 4.74 Å². The highest BCUT2D eigenvalue weighted by Crippen LogP contribution is 2.21. The van der Waals surface area contributed by atoms with E-state index in [1.165, 1.54) is 12.1 Å². The van der Waals surface area contributed by atoms with Crippen LogP contribution in [0.1, 0.15) is 12.8 Å². The summed E-state index contributed by atoms with van der Waals surface area (Å²) in [5.74, 6) is 0.652. The molecule has 0 atom stereocenters. The average Bonchev–Trinajstić information content (AvgIpc) is 2.42. The van der Waals surface area contributed by atoms with E-state index >= 15 is 0 Å². The fourth-order valence-corrected chi connectivity index (χ4v) is 2.15. The van der Waals surface area contributed by atoms with Crippen molar-refractivity contribution >= 4 is 19.3 Å². The highest BCUT2D eigenvalue weighted by Gasteiger charge is 2.20. The molecule has 100 valence electrons. The molecule has 0 bridgehead atoms. The topological polar surface area (TPSA) is 72.7 Å². The van der Waals surface area contributed by atoms with Crippen LogP contribution in [0.4, 0.5) is 5.69 Å². The van der Waals surface area contributed by atoms with Crippen LogP contribution in [0.3, 0.4) is 0 Å². The lowest BCUT2D eigenvalue weighted by molar-refractivity contribution is -0.384. The first kappa shape index (κ1) is 13.5. The molecule has 19 heavy (non-hydrogen) atoms. The molecule has 1 aliphatic heterocycles. The molecule has 0 spiro atoms. The zero-order chi connectivity index (χ0) is 13.7. The van der Waals surface area contributed by atoms with E-state index in [2.05, 4.69) is 4.81 Å².